The highest BCUT2D eigenvalue weighted by Gasteiger charge is 2.19. The van der Waals surface area contributed by atoms with E-state index in [1.165, 1.54) is 257 Å². The van der Waals surface area contributed by atoms with Crippen LogP contribution in [0, 0.1) is 0 Å². The lowest BCUT2D eigenvalue weighted by atomic mass is 10.0. The first kappa shape index (κ1) is 67.1. The number of carbonyl (C=O) groups excluding carboxylic acids is 3. The van der Waals surface area contributed by atoms with Crippen molar-refractivity contribution < 1.29 is 28.6 Å². The number of hydrogen-bond donors (Lipinski definition) is 0. The zero-order chi connectivity index (χ0) is 50.0. The summed E-state index contributed by atoms with van der Waals surface area (Å²) >= 11 is 0. The molecule has 0 spiro atoms. The van der Waals surface area contributed by atoms with Crippen LogP contribution in [0.3, 0.4) is 0 Å². The Bertz CT molecular complexity index is 1070. The van der Waals surface area contributed by atoms with E-state index in [-0.39, 0.29) is 31.1 Å². The number of esters is 3. The van der Waals surface area contributed by atoms with E-state index in [1.54, 1.807) is 0 Å². The lowest BCUT2D eigenvalue weighted by Gasteiger charge is -2.18. The summed E-state index contributed by atoms with van der Waals surface area (Å²) in [7, 11) is 0. The molecule has 69 heavy (non-hydrogen) atoms. The minimum Gasteiger partial charge on any atom is -0.462 e. The maximum atomic E-state index is 12.8. The quantitative estimate of drug-likeness (QED) is 0.0261. The first-order valence-electron chi connectivity index (χ1n) is 31.2. The molecule has 6 nitrogen and oxygen atoms in total. The molecule has 0 heterocycles. The normalized spacial score (nSPS) is 12.0. The van der Waals surface area contributed by atoms with Crippen molar-refractivity contribution in [2.45, 2.75) is 361 Å². The lowest BCUT2D eigenvalue weighted by Crippen LogP contribution is -2.30. The van der Waals surface area contributed by atoms with Gasteiger partial charge in [0.2, 0.25) is 0 Å². The van der Waals surface area contributed by atoms with Gasteiger partial charge in [0, 0.05) is 19.3 Å². The fraction of sp³-hybridized carbons (Fsp3) is 0.921. The van der Waals surface area contributed by atoms with Gasteiger partial charge in [0.1, 0.15) is 13.2 Å². The minimum atomic E-state index is -0.762. The van der Waals surface area contributed by atoms with Crippen molar-refractivity contribution in [3.05, 3.63) is 12.2 Å². The Kier molecular flexibility index (Phi) is 57.1. The van der Waals surface area contributed by atoms with E-state index < -0.39 is 6.10 Å². The van der Waals surface area contributed by atoms with Gasteiger partial charge in [-0.3, -0.25) is 14.4 Å². The molecule has 0 aliphatic carbocycles. The predicted molar refractivity (Wildman–Crippen MR) is 298 cm³/mol. The fourth-order valence-electron chi connectivity index (χ4n) is 9.56. The van der Waals surface area contributed by atoms with Crippen LogP contribution in [0.5, 0.6) is 0 Å². The summed E-state index contributed by atoms with van der Waals surface area (Å²) in [5.74, 6) is -0.849. The van der Waals surface area contributed by atoms with Gasteiger partial charge in [-0.15, -0.1) is 0 Å². The molecule has 0 saturated heterocycles. The van der Waals surface area contributed by atoms with E-state index in [9.17, 15) is 14.4 Å². The van der Waals surface area contributed by atoms with Crippen molar-refractivity contribution in [2.24, 2.45) is 0 Å². The lowest BCUT2D eigenvalue weighted by molar-refractivity contribution is -0.167. The summed E-state index contributed by atoms with van der Waals surface area (Å²) in [5.41, 5.74) is 0. The standard InChI is InChI=1S/C63H120O6/c1-4-7-10-13-16-18-20-22-24-26-28-30-31-32-33-34-36-37-39-41-43-45-47-50-53-56-62(65)68-59-60(58-67-61(64)55-52-49-15-12-9-6-3)69-63(66)57-54-51-48-46-44-42-40-38-35-29-27-25-23-21-19-17-14-11-8-5-2/h26,28,60H,4-25,27,29-59H2,1-3H3/b28-26-. The Morgan fingerprint density at radius 1 is 0.275 bits per heavy atom. The highest BCUT2D eigenvalue weighted by Crippen LogP contribution is 2.18. The number of carbonyl (C=O) groups is 3. The zero-order valence-electron chi connectivity index (χ0n) is 46.9. The smallest absolute Gasteiger partial charge is 0.306 e. The third-order valence-corrected chi connectivity index (χ3v) is 14.3. The van der Waals surface area contributed by atoms with Crippen LogP contribution in [0.15, 0.2) is 12.2 Å². The van der Waals surface area contributed by atoms with Crippen LogP contribution >= 0.6 is 0 Å². The van der Waals surface area contributed by atoms with Crippen molar-refractivity contribution in [1.82, 2.24) is 0 Å². The van der Waals surface area contributed by atoms with E-state index in [2.05, 4.69) is 32.9 Å². The van der Waals surface area contributed by atoms with Crippen LogP contribution in [-0.4, -0.2) is 37.2 Å². The molecule has 0 N–H and O–H groups in total. The van der Waals surface area contributed by atoms with E-state index in [4.69, 9.17) is 14.2 Å². The second-order valence-corrected chi connectivity index (χ2v) is 21.3. The van der Waals surface area contributed by atoms with Gasteiger partial charge >= 0.3 is 17.9 Å². The van der Waals surface area contributed by atoms with Crippen LogP contribution in [0.1, 0.15) is 355 Å². The average Bonchev–Trinajstić information content (AvgIpc) is 3.35. The molecular formula is C63H120O6. The van der Waals surface area contributed by atoms with Gasteiger partial charge in [-0.1, -0.05) is 303 Å². The summed E-state index contributed by atoms with van der Waals surface area (Å²) in [4.78, 5) is 38.0. The third kappa shape index (κ3) is 56.9. The SMILES string of the molecule is CCCCCCCCCC/C=C\CCCCCCCCCCCCCCCC(=O)OCC(COC(=O)CCCCCCCC)OC(=O)CCCCCCCCCCCCCCCCCCCCCC. The molecule has 0 fully saturated rings. The Morgan fingerprint density at radius 3 is 0.725 bits per heavy atom. The summed E-state index contributed by atoms with van der Waals surface area (Å²) in [6.45, 7) is 6.65. The zero-order valence-corrected chi connectivity index (χ0v) is 46.9. The van der Waals surface area contributed by atoms with Crippen LogP contribution in [0.25, 0.3) is 0 Å². The van der Waals surface area contributed by atoms with Crippen molar-refractivity contribution in [1.29, 1.82) is 0 Å². The second-order valence-electron chi connectivity index (χ2n) is 21.3. The van der Waals surface area contributed by atoms with Gasteiger partial charge in [0.25, 0.3) is 0 Å². The molecule has 6 heteroatoms. The first-order chi connectivity index (χ1) is 34.0. The van der Waals surface area contributed by atoms with Gasteiger partial charge in [-0.25, -0.2) is 0 Å². The molecule has 0 amide bonds. The van der Waals surface area contributed by atoms with Gasteiger partial charge in [-0.05, 0) is 44.9 Å². The van der Waals surface area contributed by atoms with Crippen molar-refractivity contribution >= 4 is 17.9 Å². The number of hydrogen-bond acceptors (Lipinski definition) is 6. The van der Waals surface area contributed by atoms with Gasteiger partial charge in [0.05, 0.1) is 0 Å². The molecule has 0 saturated carbocycles. The Labute approximate surface area is 431 Å². The maximum Gasteiger partial charge on any atom is 0.306 e. The molecule has 0 aromatic rings. The number of ether oxygens (including phenoxy) is 3. The predicted octanol–water partition coefficient (Wildman–Crippen LogP) is 20.9. The monoisotopic (exact) mass is 973 g/mol. The topological polar surface area (TPSA) is 78.9 Å². The summed E-state index contributed by atoms with van der Waals surface area (Å²) in [6, 6.07) is 0. The largest absolute Gasteiger partial charge is 0.462 e. The molecule has 1 unspecified atom stereocenters. The van der Waals surface area contributed by atoms with E-state index >= 15 is 0 Å². The fourth-order valence-corrected chi connectivity index (χ4v) is 9.56. The summed E-state index contributed by atoms with van der Waals surface area (Å²) < 4.78 is 16.8. The summed E-state index contributed by atoms with van der Waals surface area (Å²) in [5, 5.41) is 0. The maximum absolute atomic E-state index is 12.8. The van der Waals surface area contributed by atoms with E-state index in [0.29, 0.717) is 19.3 Å². The highest BCUT2D eigenvalue weighted by atomic mass is 16.6. The Balaban J connectivity index is 4.03. The Morgan fingerprint density at radius 2 is 0.478 bits per heavy atom. The van der Waals surface area contributed by atoms with E-state index in [0.717, 1.165) is 57.8 Å². The van der Waals surface area contributed by atoms with Crippen LogP contribution < -0.4 is 0 Å². The first-order valence-corrected chi connectivity index (χ1v) is 31.2. The Hall–Kier alpha value is -1.85. The second kappa shape index (κ2) is 58.7. The summed E-state index contributed by atoms with van der Waals surface area (Å²) in [6.07, 6.45) is 68.3. The van der Waals surface area contributed by atoms with Gasteiger partial charge in [0.15, 0.2) is 6.10 Å². The molecule has 408 valence electrons. The molecule has 0 rings (SSSR count). The molecule has 0 bridgehead atoms. The number of rotatable bonds is 58. The molecule has 0 aliphatic heterocycles. The molecular weight excluding hydrogens is 853 g/mol. The minimum absolute atomic E-state index is 0.0646. The van der Waals surface area contributed by atoms with Gasteiger partial charge < -0.3 is 14.2 Å². The highest BCUT2D eigenvalue weighted by molar-refractivity contribution is 5.71. The van der Waals surface area contributed by atoms with E-state index in [1.807, 2.05) is 0 Å². The van der Waals surface area contributed by atoms with Crippen molar-refractivity contribution in [2.75, 3.05) is 13.2 Å². The van der Waals surface area contributed by atoms with Crippen molar-refractivity contribution in [3.63, 3.8) is 0 Å². The van der Waals surface area contributed by atoms with Crippen molar-refractivity contribution in [3.8, 4) is 0 Å². The number of unbranched alkanes of at least 4 members (excludes halogenated alkanes) is 45. The van der Waals surface area contributed by atoms with Crippen LogP contribution in [0.4, 0.5) is 0 Å². The van der Waals surface area contributed by atoms with Crippen LogP contribution in [-0.2, 0) is 28.6 Å². The average molecular weight is 974 g/mol. The number of allylic oxidation sites excluding steroid dienone is 2. The molecule has 0 aliphatic rings. The molecule has 1 atom stereocenters. The molecule has 0 aromatic carbocycles. The van der Waals surface area contributed by atoms with Gasteiger partial charge in [-0.2, -0.15) is 0 Å². The molecule has 0 radical (unpaired) electrons. The van der Waals surface area contributed by atoms with Crippen LogP contribution in [0.2, 0.25) is 0 Å². The molecule has 0 aromatic heterocycles. The third-order valence-electron chi connectivity index (χ3n) is 14.3.